The molecule has 0 aliphatic carbocycles. The van der Waals surface area contributed by atoms with E-state index in [0.717, 1.165) is 63.1 Å². The van der Waals surface area contributed by atoms with Crippen molar-refractivity contribution in [1.29, 1.82) is 0 Å². The summed E-state index contributed by atoms with van der Waals surface area (Å²) in [6.07, 6.45) is 0.958. The van der Waals surface area contributed by atoms with Gasteiger partial charge in [-0.1, -0.05) is 32.0 Å². The third kappa shape index (κ3) is 11.4. The topological polar surface area (TPSA) is 58.1 Å². The molecule has 2 N–H and O–H groups in total. The van der Waals surface area contributed by atoms with Crippen molar-refractivity contribution in [2.24, 2.45) is 4.99 Å². The minimum atomic E-state index is 0. The van der Waals surface area contributed by atoms with E-state index in [1.807, 2.05) is 25.1 Å². The number of guanidine groups is 1. The molecule has 0 aliphatic rings. The van der Waals surface area contributed by atoms with Crippen molar-refractivity contribution in [2.75, 3.05) is 53.0 Å². The predicted molar refractivity (Wildman–Crippen MR) is 124 cm³/mol. The van der Waals surface area contributed by atoms with Crippen molar-refractivity contribution in [1.82, 2.24) is 15.5 Å². The summed E-state index contributed by atoms with van der Waals surface area (Å²) < 4.78 is 11.3. The number of likely N-dealkylation sites (N-methyl/N-ethyl adjacent to an activating group) is 1. The number of hydrogen-bond donors (Lipinski definition) is 2. The lowest BCUT2D eigenvalue weighted by Crippen LogP contribution is -2.37. The van der Waals surface area contributed by atoms with E-state index in [-0.39, 0.29) is 24.0 Å². The number of rotatable bonds is 13. The second kappa shape index (κ2) is 17.1. The summed E-state index contributed by atoms with van der Waals surface area (Å²) in [5, 5.41) is 6.65. The summed E-state index contributed by atoms with van der Waals surface area (Å²) in [5.41, 5.74) is 1.13. The average Bonchev–Trinajstić information content (AvgIpc) is 2.68. The van der Waals surface area contributed by atoms with Crippen LogP contribution in [0.15, 0.2) is 29.3 Å². The van der Waals surface area contributed by atoms with Gasteiger partial charge in [0.1, 0.15) is 12.4 Å². The number of aliphatic imine (C=N–C) groups is 1. The quantitative estimate of drug-likeness (QED) is 0.192. The Morgan fingerprint density at radius 1 is 1.07 bits per heavy atom. The number of para-hydroxylation sites is 1. The fraction of sp³-hybridized carbons (Fsp3) is 0.650. The van der Waals surface area contributed by atoms with Crippen molar-refractivity contribution in [2.45, 2.75) is 33.7 Å². The number of nitrogens with zero attached hydrogens (tertiary/aromatic N) is 2. The van der Waals surface area contributed by atoms with E-state index in [0.29, 0.717) is 13.2 Å². The molecule has 0 fully saturated rings. The van der Waals surface area contributed by atoms with E-state index in [1.165, 1.54) is 0 Å². The Morgan fingerprint density at radius 2 is 1.81 bits per heavy atom. The van der Waals surface area contributed by atoms with Gasteiger partial charge in [0, 0.05) is 45.5 Å². The van der Waals surface area contributed by atoms with Gasteiger partial charge in [-0.15, -0.1) is 24.0 Å². The van der Waals surface area contributed by atoms with Crippen LogP contribution in [-0.2, 0) is 11.3 Å². The fourth-order valence-electron chi connectivity index (χ4n) is 2.54. The van der Waals surface area contributed by atoms with Crippen LogP contribution in [0.25, 0.3) is 0 Å². The number of benzene rings is 1. The Labute approximate surface area is 182 Å². The van der Waals surface area contributed by atoms with Crippen LogP contribution in [0.1, 0.15) is 32.8 Å². The van der Waals surface area contributed by atoms with Crippen LogP contribution in [0.3, 0.4) is 0 Å². The molecule has 0 spiro atoms. The van der Waals surface area contributed by atoms with Gasteiger partial charge in [0.15, 0.2) is 5.96 Å². The van der Waals surface area contributed by atoms with E-state index < -0.39 is 0 Å². The maximum atomic E-state index is 6.00. The molecule has 1 rings (SSSR count). The van der Waals surface area contributed by atoms with Crippen molar-refractivity contribution >= 4 is 29.9 Å². The van der Waals surface area contributed by atoms with Gasteiger partial charge in [-0.2, -0.15) is 0 Å². The predicted octanol–water partition coefficient (Wildman–Crippen LogP) is 3.12. The first-order valence-electron chi connectivity index (χ1n) is 9.70. The highest BCUT2D eigenvalue weighted by Crippen LogP contribution is 2.17. The average molecular weight is 492 g/mol. The summed E-state index contributed by atoms with van der Waals surface area (Å²) in [5.74, 6) is 1.72. The smallest absolute Gasteiger partial charge is 0.191 e. The largest absolute Gasteiger partial charge is 0.492 e. The van der Waals surface area contributed by atoms with Gasteiger partial charge in [-0.3, -0.25) is 4.99 Å². The number of halogens is 1. The van der Waals surface area contributed by atoms with E-state index in [9.17, 15) is 0 Å². The summed E-state index contributed by atoms with van der Waals surface area (Å²) in [6, 6.07) is 8.16. The number of hydrogen-bond acceptors (Lipinski definition) is 4. The minimum Gasteiger partial charge on any atom is -0.492 e. The molecule has 0 saturated heterocycles. The molecule has 0 bridgehead atoms. The third-order valence-electron chi connectivity index (χ3n) is 4.16. The summed E-state index contributed by atoms with van der Waals surface area (Å²) in [6.45, 7) is 13.1. The highest BCUT2D eigenvalue weighted by atomic mass is 127. The first-order chi connectivity index (χ1) is 12.7. The maximum absolute atomic E-state index is 6.00. The first-order valence-corrected chi connectivity index (χ1v) is 9.70. The highest BCUT2D eigenvalue weighted by molar-refractivity contribution is 14.0. The zero-order valence-electron chi connectivity index (χ0n) is 17.3. The molecular formula is C20H37IN4O2. The van der Waals surface area contributed by atoms with E-state index >= 15 is 0 Å². The van der Waals surface area contributed by atoms with Crippen LogP contribution in [0.2, 0.25) is 0 Å². The molecule has 7 heteroatoms. The minimum absolute atomic E-state index is 0. The van der Waals surface area contributed by atoms with Crippen molar-refractivity contribution in [3.05, 3.63) is 29.8 Å². The molecule has 0 atom stereocenters. The van der Waals surface area contributed by atoms with Gasteiger partial charge in [0.2, 0.25) is 0 Å². The zero-order chi connectivity index (χ0) is 19.0. The Hall–Kier alpha value is -1.06. The highest BCUT2D eigenvalue weighted by Gasteiger charge is 2.06. The molecule has 0 aromatic heterocycles. The van der Waals surface area contributed by atoms with Crippen LogP contribution in [0.4, 0.5) is 0 Å². The molecular weight excluding hydrogens is 455 g/mol. The number of ether oxygens (including phenoxy) is 2. The summed E-state index contributed by atoms with van der Waals surface area (Å²) >= 11 is 0. The monoisotopic (exact) mass is 492 g/mol. The van der Waals surface area contributed by atoms with Gasteiger partial charge in [0.05, 0.1) is 0 Å². The fourth-order valence-corrected chi connectivity index (χ4v) is 2.54. The van der Waals surface area contributed by atoms with E-state index in [4.69, 9.17) is 9.47 Å². The number of nitrogens with one attached hydrogen (secondary N) is 2. The van der Waals surface area contributed by atoms with Crippen LogP contribution >= 0.6 is 24.0 Å². The van der Waals surface area contributed by atoms with E-state index in [1.54, 1.807) is 7.05 Å². The van der Waals surface area contributed by atoms with Crippen molar-refractivity contribution in [3.8, 4) is 5.75 Å². The van der Waals surface area contributed by atoms with E-state index in [2.05, 4.69) is 40.4 Å². The second-order valence-electron chi connectivity index (χ2n) is 5.89. The first kappa shape index (κ1) is 25.9. The molecule has 6 nitrogen and oxygen atoms in total. The summed E-state index contributed by atoms with van der Waals surface area (Å²) in [7, 11) is 1.78. The van der Waals surface area contributed by atoms with Gasteiger partial charge in [-0.25, -0.2) is 0 Å². The molecule has 0 unspecified atom stereocenters. The Morgan fingerprint density at radius 3 is 2.48 bits per heavy atom. The standard InChI is InChI=1S/C20H36N4O2.HI/c1-5-24(6-2)14-16-26-19-12-9-8-11-18(19)17-23-20(21-4)22-13-10-15-25-7-3;/h8-9,11-12H,5-7,10,13-17H2,1-4H3,(H2,21,22,23);1H. The lowest BCUT2D eigenvalue weighted by molar-refractivity contribution is 0.145. The molecule has 27 heavy (non-hydrogen) atoms. The Balaban J connectivity index is 0.00000676. The normalized spacial score (nSPS) is 11.2. The van der Waals surface area contributed by atoms with Crippen LogP contribution < -0.4 is 15.4 Å². The Bertz CT molecular complexity index is 511. The van der Waals surface area contributed by atoms with Crippen LogP contribution in [0, 0.1) is 0 Å². The van der Waals surface area contributed by atoms with Gasteiger partial charge in [0.25, 0.3) is 0 Å². The lowest BCUT2D eigenvalue weighted by atomic mass is 10.2. The summed E-state index contributed by atoms with van der Waals surface area (Å²) in [4.78, 5) is 6.62. The second-order valence-corrected chi connectivity index (χ2v) is 5.89. The lowest BCUT2D eigenvalue weighted by Gasteiger charge is -2.19. The van der Waals surface area contributed by atoms with Gasteiger partial charge >= 0.3 is 0 Å². The molecule has 156 valence electrons. The maximum Gasteiger partial charge on any atom is 0.191 e. The molecule has 0 aliphatic heterocycles. The van der Waals surface area contributed by atoms with Gasteiger partial charge in [-0.05, 0) is 32.5 Å². The molecule has 1 aromatic rings. The Kier molecular flexibility index (Phi) is 16.4. The van der Waals surface area contributed by atoms with Crippen molar-refractivity contribution in [3.63, 3.8) is 0 Å². The molecule has 0 heterocycles. The van der Waals surface area contributed by atoms with Crippen molar-refractivity contribution < 1.29 is 9.47 Å². The molecule has 0 radical (unpaired) electrons. The van der Waals surface area contributed by atoms with Gasteiger partial charge < -0.3 is 25.0 Å². The zero-order valence-corrected chi connectivity index (χ0v) is 19.6. The molecule has 0 amide bonds. The van der Waals surface area contributed by atoms with Crippen LogP contribution in [0.5, 0.6) is 5.75 Å². The van der Waals surface area contributed by atoms with Crippen LogP contribution in [-0.4, -0.2) is 63.9 Å². The molecule has 0 saturated carbocycles. The third-order valence-corrected chi connectivity index (χ3v) is 4.16. The SMILES string of the molecule is CCOCCCNC(=NC)NCc1ccccc1OCCN(CC)CC.I. The molecule has 1 aromatic carbocycles.